The zero-order valence-corrected chi connectivity index (χ0v) is 34.0. The summed E-state index contributed by atoms with van der Waals surface area (Å²) in [5, 5.41) is 27.7. The van der Waals surface area contributed by atoms with E-state index >= 15 is 0 Å². The van der Waals surface area contributed by atoms with Crippen LogP contribution in [0.4, 0.5) is 5.95 Å². The number of aromatic nitrogens is 4. The van der Waals surface area contributed by atoms with Gasteiger partial charge in [-0.1, -0.05) is 79.8 Å². The number of aromatic amines is 1. The Hall–Kier alpha value is -3.99. The highest BCUT2D eigenvalue weighted by Gasteiger charge is 2.54. The van der Waals surface area contributed by atoms with Crippen molar-refractivity contribution in [1.82, 2.24) is 34.8 Å². The standard InChI is InChI=1S/C39H61N8O8P/c1-5-6-7-8-9-10-11-12-13-14-15-16-17-18-19-20-21-22-23-24-32(48)41-25-27-46(3)28-26-43-56(52,53-4)54-29-31-34(49)39(2,51)37(55-31)47-30-42-33-35(47)44-38(40)45-36(33)50/h6-7,9-10,12-13,15-16,18-19,21-22,30-31,34,37,49,51H,5,8,11,14,17,20,23-29H2,1-4H3,(H,41,48)(H,43,52)(H3,40,44,45,50)/b7-6-,10-9-,13-12-,16-15-,19-18-,22-21-/t31-,34-,37-,39-,56?/m1/s1. The smallest absolute Gasteiger partial charge is 0.387 e. The average molecular weight is 801 g/mol. The molecule has 56 heavy (non-hydrogen) atoms. The van der Waals surface area contributed by atoms with Gasteiger partial charge in [0.15, 0.2) is 17.4 Å². The number of aliphatic hydroxyl groups is 2. The Kier molecular flexibility index (Phi) is 20.4. The summed E-state index contributed by atoms with van der Waals surface area (Å²) in [6.07, 6.45) is 30.0. The lowest BCUT2D eigenvalue weighted by Gasteiger charge is -2.27. The number of nitrogen functional groups attached to an aromatic ring is 1. The minimum Gasteiger partial charge on any atom is -0.387 e. The minimum absolute atomic E-state index is 0.0231. The number of likely N-dealkylation sites (N-methyl/N-ethyl adjacent to an activating group) is 1. The topological polar surface area (TPSA) is 219 Å². The SMILES string of the molecule is CC/C=C\C/C=C\C/C=C\C/C=C\C/C=C\C/C=C\CCC(=O)NCCN(C)CCNP(=O)(OC)OC[C@H]1O[C@@H](n2cnc3c(=O)[nH]c(N)nc32)[C@](C)(O)[C@@H]1O. The van der Waals surface area contributed by atoms with Gasteiger partial charge in [-0.25, -0.2) is 14.6 Å². The highest BCUT2D eigenvalue weighted by atomic mass is 31.2. The molecule has 0 bridgehead atoms. The fraction of sp³-hybridized carbons (Fsp3) is 0.538. The highest BCUT2D eigenvalue weighted by molar-refractivity contribution is 7.51. The number of nitrogens with two attached hydrogens (primary N) is 1. The van der Waals surface area contributed by atoms with Crippen molar-refractivity contribution in [3.8, 4) is 0 Å². The Morgan fingerprint density at radius 2 is 1.61 bits per heavy atom. The maximum atomic E-state index is 13.2. The molecule has 5 atom stereocenters. The summed E-state index contributed by atoms with van der Waals surface area (Å²) in [4.78, 5) is 36.9. The Bertz CT molecular complexity index is 1780. The van der Waals surface area contributed by atoms with Crippen LogP contribution >= 0.6 is 7.75 Å². The normalized spacial score (nSPS) is 21.8. The fourth-order valence-electron chi connectivity index (χ4n) is 5.65. The number of aliphatic hydroxyl groups excluding tert-OH is 1. The number of rotatable bonds is 26. The molecule has 2 aromatic rings. The summed E-state index contributed by atoms with van der Waals surface area (Å²) < 4.78 is 31.1. The van der Waals surface area contributed by atoms with Crippen LogP contribution in [-0.2, 0) is 23.1 Å². The van der Waals surface area contributed by atoms with Crippen LogP contribution in [0.2, 0.25) is 0 Å². The third-order valence-electron chi connectivity index (χ3n) is 8.86. The Morgan fingerprint density at radius 1 is 1.04 bits per heavy atom. The summed E-state index contributed by atoms with van der Waals surface area (Å²) in [6, 6.07) is 0. The van der Waals surface area contributed by atoms with Crippen molar-refractivity contribution in [3.05, 3.63) is 89.6 Å². The van der Waals surface area contributed by atoms with Crippen LogP contribution in [-0.4, -0.2) is 105 Å². The zero-order chi connectivity index (χ0) is 40.8. The van der Waals surface area contributed by atoms with Crippen LogP contribution in [0.15, 0.2) is 84.0 Å². The van der Waals surface area contributed by atoms with Gasteiger partial charge in [0.1, 0.15) is 17.8 Å². The maximum Gasteiger partial charge on any atom is 0.405 e. The number of carbonyl (C=O) groups excluding carboxylic acids is 1. The molecule has 1 aliphatic heterocycles. The van der Waals surface area contributed by atoms with E-state index in [9.17, 15) is 24.4 Å². The molecule has 0 radical (unpaired) electrons. The number of carbonyl (C=O) groups is 1. The Labute approximate surface area is 329 Å². The third kappa shape index (κ3) is 15.5. The molecule has 0 aromatic carbocycles. The van der Waals surface area contributed by atoms with Crippen LogP contribution in [0.5, 0.6) is 0 Å². The van der Waals surface area contributed by atoms with Crippen LogP contribution in [0, 0.1) is 0 Å². The number of nitrogens with zero attached hydrogens (tertiary/aromatic N) is 4. The van der Waals surface area contributed by atoms with E-state index in [1.54, 1.807) is 0 Å². The van der Waals surface area contributed by atoms with Gasteiger partial charge in [-0.3, -0.25) is 23.7 Å². The number of fused-ring (bicyclic) bond motifs is 1. The zero-order valence-electron chi connectivity index (χ0n) is 33.1. The molecular weight excluding hydrogens is 739 g/mol. The van der Waals surface area contributed by atoms with E-state index in [0.29, 0.717) is 32.5 Å². The van der Waals surface area contributed by atoms with Crippen LogP contribution in [0.3, 0.4) is 0 Å². The van der Waals surface area contributed by atoms with Crippen molar-refractivity contribution in [3.63, 3.8) is 0 Å². The molecule has 1 amide bonds. The first kappa shape index (κ1) is 46.4. The number of hydrogen-bond donors (Lipinski definition) is 6. The van der Waals surface area contributed by atoms with E-state index in [1.165, 1.54) is 24.9 Å². The van der Waals surface area contributed by atoms with Gasteiger partial charge in [0, 0.05) is 39.7 Å². The number of imidazole rings is 1. The van der Waals surface area contributed by atoms with Crippen molar-refractivity contribution in [2.75, 3.05) is 52.7 Å². The molecule has 16 nitrogen and oxygen atoms in total. The van der Waals surface area contributed by atoms with Gasteiger partial charge in [0.2, 0.25) is 11.9 Å². The number of nitrogens with one attached hydrogen (secondary N) is 3. The number of amides is 1. The molecule has 17 heteroatoms. The van der Waals surface area contributed by atoms with Gasteiger partial charge in [0.25, 0.3) is 5.56 Å². The fourth-order valence-corrected chi connectivity index (χ4v) is 6.69. The predicted molar refractivity (Wildman–Crippen MR) is 220 cm³/mol. The molecular formula is C39H61N8O8P. The second-order valence-electron chi connectivity index (χ2n) is 13.5. The van der Waals surface area contributed by atoms with Gasteiger partial charge >= 0.3 is 7.75 Å². The van der Waals surface area contributed by atoms with Gasteiger partial charge in [-0.05, 0) is 58.9 Å². The molecule has 1 aliphatic rings. The number of anilines is 1. The number of hydrogen-bond acceptors (Lipinski definition) is 12. The van der Waals surface area contributed by atoms with Crippen LogP contribution in [0.1, 0.15) is 71.4 Å². The van der Waals surface area contributed by atoms with E-state index in [0.717, 1.165) is 38.5 Å². The van der Waals surface area contributed by atoms with Crippen molar-refractivity contribution in [1.29, 1.82) is 0 Å². The lowest BCUT2D eigenvalue weighted by molar-refractivity contribution is -0.121. The van der Waals surface area contributed by atoms with Gasteiger partial charge in [-0.15, -0.1) is 0 Å². The second-order valence-corrected chi connectivity index (χ2v) is 15.4. The molecule has 7 N–H and O–H groups in total. The molecule has 0 saturated carbocycles. The van der Waals surface area contributed by atoms with Crippen molar-refractivity contribution >= 4 is 30.8 Å². The number of ether oxygens (including phenoxy) is 1. The molecule has 1 unspecified atom stereocenters. The Morgan fingerprint density at radius 3 is 2.20 bits per heavy atom. The molecule has 3 heterocycles. The molecule has 1 fully saturated rings. The molecule has 1 saturated heterocycles. The largest absolute Gasteiger partial charge is 0.405 e. The molecule has 0 aliphatic carbocycles. The summed E-state index contributed by atoms with van der Waals surface area (Å²) in [5.74, 6) is -0.182. The second kappa shape index (κ2) is 24.6. The monoisotopic (exact) mass is 800 g/mol. The molecule has 310 valence electrons. The van der Waals surface area contributed by atoms with E-state index < -0.39 is 43.9 Å². The maximum absolute atomic E-state index is 13.2. The first-order valence-electron chi connectivity index (χ1n) is 19.1. The lowest BCUT2D eigenvalue weighted by Crippen LogP contribution is -2.44. The third-order valence-corrected chi connectivity index (χ3v) is 10.4. The van der Waals surface area contributed by atoms with Crippen molar-refractivity contribution in [2.45, 2.75) is 89.3 Å². The quantitative estimate of drug-likeness (QED) is 0.0567. The van der Waals surface area contributed by atoms with Crippen LogP contribution in [0.25, 0.3) is 11.2 Å². The van der Waals surface area contributed by atoms with Gasteiger partial charge in [-0.2, -0.15) is 4.98 Å². The summed E-state index contributed by atoms with van der Waals surface area (Å²) >= 11 is 0. The minimum atomic E-state index is -3.82. The van der Waals surface area contributed by atoms with Gasteiger partial charge in [0.05, 0.1) is 12.9 Å². The summed E-state index contributed by atoms with van der Waals surface area (Å²) in [5.41, 5.74) is 3.28. The summed E-state index contributed by atoms with van der Waals surface area (Å²) in [6.45, 7) is 4.82. The average Bonchev–Trinajstić information content (AvgIpc) is 3.68. The molecule has 0 spiro atoms. The first-order chi connectivity index (χ1) is 26.9. The number of H-pyrrole nitrogens is 1. The van der Waals surface area contributed by atoms with E-state index in [-0.39, 0.29) is 29.6 Å². The van der Waals surface area contributed by atoms with Crippen molar-refractivity contribution in [2.24, 2.45) is 0 Å². The molecule has 3 rings (SSSR count). The first-order valence-corrected chi connectivity index (χ1v) is 20.6. The van der Waals surface area contributed by atoms with Crippen LogP contribution < -0.4 is 21.7 Å². The lowest BCUT2D eigenvalue weighted by atomic mass is 9.96. The Balaban J connectivity index is 1.25. The highest BCUT2D eigenvalue weighted by Crippen LogP contribution is 2.45. The summed E-state index contributed by atoms with van der Waals surface area (Å²) in [7, 11) is -0.730. The van der Waals surface area contributed by atoms with E-state index in [4.69, 9.17) is 19.5 Å². The van der Waals surface area contributed by atoms with E-state index in [2.05, 4.69) is 99.1 Å². The van der Waals surface area contributed by atoms with Crippen molar-refractivity contribution < 1.29 is 33.4 Å². The number of allylic oxidation sites excluding steroid dienone is 12. The van der Waals surface area contributed by atoms with Gasteiger partial charge < -0.3 is 35.4 Å². The predicted octanol–water partition coefficient (Wildman–Crippen LogP) is 4.60. The van der Waals surface area contributed by atoms with E-state index in [1.807, 2.05) is 18.0 Å². The molecule has 2 aromatic heterocycles.